The molecule has 0 aliphatic heterocycles. The number of nitrogens with one attached hydrogen (secondary N) is 2. The van der Waals surface area contributed by atoms with Crippen molar-refractivity contribution in [2.45, 2.75) is 13.8 Å². The molecule has 0 aliphatic carbocycles. The Morgan fingerprint density at radius 3 is 2.65 bits per heavy atom. The van der Waals surface area contributed by atoms with Crippen molar-refractivity contribution in [2.75, 3.05) is 18.9 Å². The molecule has 1 amide bonds. The van der Waals surface area contributed by atoms with Gasteiger partial charge in [-0.05, 0) is 31.7 Å². The average molecular weight is 261 g/mol. The van der Waals surface area contributed by atoms with Crippen LogP contribution >= 0.6 is 12.4 Å². The van der Waals surface area contributed by atoms with Crippen LogP contribution in [0.3, 0.4) is 0 Å². The monoisotopic (exact) mass is 260 g/mol. The van der Waals surface area contributed by atoms with Crippen LogP contribution in [0, 0.1) is 18.7 Å². The molecule has 0 fully saturated rings. The lowest BCUT2D eigenvalue weighted by atomic mass is 10.1. The number of benzene rings is 1. The Balaban J connectivity index is 0.00000256. The Labute approximate surface area is 107 Å². The maximum atomic E-state index is 13.4. The van der Waals surface area contributed by atoms with Crippen LogP contribution in [0.15, 0.2) is 18.2 Å². The molecule has 1 atom stereocenters. The zero-order valence-corrected chi connectivity index (χ0v) is 11.0. The van der Waals surface area contributed by atoms with E-state index in [2.05, 4.69) is 10.6 Å². The lowest BCUT2D eigenvalue weighted by Crippen LogP contribution is -2.28. The molecule has 1 aromatic rings. The van der Waals surface area contributed by atoms with E-state index in [-0.39, 0.29) is 29.9 Å². The summed E-state index contributed by atoms with van der Waals surface area (Å²) in [5, 5.41) is 5.47. The molecule has 96 valence electrons. The minimum absolute atomic E-state index is 0. The number of hydrogen-bond donors (Lipinski definition) is 2. The first-order chi connectivity index (χ1) is 7.54. The zero-order valence-electron chi connectivity index (χ0n) is 10.2. The predicted molar refractivity (Wildman–Crippen MR) is 70.1 cm³/mol. The van der Waals surface area contributed by atoms with Crippen molar-refractivity contribution in [3.05, 3.63) is 29.6 Å². The summed E-state index contributed by atoms with van der Waals surface area (Å²) >= 11 is 0. The van der Waals surface area contributed by atoms with E-state index < -0.39 is 5.82 Å². The van der Waals surface area contributed by atoms with E-state index in [1.807, 2.05) is 0 Å². The van der Waals surface area contributed by atoms with Gasteiger partial charge >= 0.3 is 0 Å². The fourth-order valence-corrected chi connectivity index (χ4v) is 1.38. The molecule has 0 aromatic heterocycles. The highest BCUT2D eigenvalue weighted by molar-refractivity contribution is 5.92. The molecule has 0 spiro atoms. The van der Waals surface area contributed by atoms with E-state index in [0.29, 0.717) is 6.54 Å². The second-order valence-corrected chi connectivity index (χ2v) is 3.93. The second kappa shape index (κ2) is 7.25. The number of carbonyl (C=O) groups is 1. The normalized spacial score (nSPS) is 11.5. The molecule has 1 rings (SSSR count). The van der Waals surface area contributed by atoms with E-state index in [1.54, 1.807) is 33.0 Å². The van der Waals surface area contributed by atoms with Crippen molar-refractivity contribution < 1.29 is 9.18 Å². The van der Waals surface area contributed by atoms with Gasteiger partial charge in [-0.15, -0.1) is 12.4 Å². The third-order valence-electron chi connectivity index (χ3n) is 2.34. The quantitative estimate of drug-likeness (QED) is 0.873. The molecule has 1 unspecified atom stereocenters. The third-order valence-corrected chi connectivity index (χ3v) is 2.34. The molecule has 0 aliphatic rings. The lowest BCUT2D eigenvalue weighted by Gasteiger charge is -2.12. The number of amides is 1. The number of halogens is 2. The van der Waals surface area contributed by atoms with Gasteiger partial charge in [-0.25, -0.2) is 4.39 Å². The Bertz CT molecular complexity index is 385. The van der Waals surface area contributed by atoms with Gasteiger partial charge in [0.25, 0.3) is 0 Å². The first-order valence-corrected chi connectivity index (χ1v) is 5.26. The summed E-state index contributed by atoms with van der Waals surface area (Å²) in [6, 6.07) is 4.74. The predicted octanol–water partition coefficient (Wildman–Crippen LogP) is 2.35. The van der Waals surface area contributed by atoms with Crippen molar-refractivity contribution >= 4 is 24.0 Å². The summed E-state index contributed by atoms with van der Waals surface area (Å²) in [6.45, 7) is 4.16. The van der Waals surface area contributed by atoms with Crippen LogP contribution in [0.2, 0.25) is 0 Å². The van der Waals surface area contributed by atoms with Gasteiger partial charge in [0.05, 0.1) is 5.69 Å². The topological polar surface area (TPSA) is 41.1 Å². The van der Waals surface area contributed by atoms with Crippen LogP contribution in [0.1, 0.15) is 12.5 Å². The maximum Gasteiger partial charge on any atom is 0.228 e. The van der Waals surface area contributed by atoms with Gasteiger partial charge in [0.15, 0.2) is 0 Å². The van der Waals surface area contributed by atoms with E-state index in [9.17, 15) is 9.18 Å². The number of carbonyl (C=O) groups excluding carboxylic acids is 1. The van der Waals surface area contributed by atoms with Gasteiger partial charge in [-0.3, -0.25) is 4.79 Å². The third kappa shape index (κ3) is 4.71. The Kier molecular flexibility index (Phi) is 6.76. The van der Waals surface area contributed by atoms with Gasteiger partial charge in [-0.2, -0.15) is 0 Å². The van der Waals surface area contributed by atoms with E-state index in [0.717, 1.165) is 5.56 Å². The Morgan fingerprint density at radius 2 is 2.12 bits per heavy atom. The van der Waals surface area contributed by atoms with Gasteiger partial charge in [0, 0.05) is 12.5 Å². The minimum Gasteiger partial charge on any atom is -0.323 e. The van der Waals surface area contributed by atoms with Gasteiger partial charge in [-0.1, -0.05) is 13.0 Å². The molecule has 17 heavy (non-hydrogen) atoms. The van der Waals surface area contributed by atoms with Gasteiger partial charge < -0.3 is 10.6 Å². The molecule has 5 heteroatoms. The zero-order chi connectivity index (χ0) is 12.1. The number of hydrogen-bond acceptors (Lipinski definition) is 2. The minimum atomic E-state index is -0.398. The highest BCUT2D eigenvalue weighted by Gasteiger charge is 2.13. The van der Waals surface area contributed by atoms with Crippen LogP contribution in [0.4, 0.5) is 10.1 Å². The van der Waals surface area contributed by atoms with Crippen molar-refractivity contribution in [3.63, 3.8) is 0 Å². The summed E-state index contributed by atoms with van der Waals surface area (Å²) in [7, 11) is 1.77. The summed E-state index contributed by atoms with van der Waals surface area (Å²) in [5.74, 6) is -0.771. The van der Waals surface area contributed by atoms with Crippen LogP contribution in [0.5, 0.6) is 0 Å². The largest absolute Gasteiger partial charge is 0.323 e. The molecule has 0 saturated heterocycles. The van der Waals surface area contributed by atoms with Gasteiger partial charge in [0.2, 0.25) is 5.91 Å². The Hall–Kier alpha value is -1.13. The van der Waals surface area contributed by atoms with E-state index in [1.165, 1.54) is 6.07 Å². The Morgan fingerprint density at radius 1 is 1.47 bits per heavy atom. The van der Waals surface area contributed by atoms with Crippen molar-refractivity contribution in [1.29, 1.82) is 0 Å². The first-order valence-electron chi connectivity index (χ1n) is 5.26. The van der Waals surface area contributed by atoms with Crippen LogP contribution in [-0.2, 0) is 4.79 Å². The maximum absolute atomic E-state index is 13.4. The molecule has 1 aromatic carbocycles. The summed E-state index contributed by atoms with van der Waals surface area (Å²) in [6.07, 6.45) is 0. The molecular weight excluding hydrogens is 243 g/mol. The van der Waals surface area contributed by atoms with Crippen molar-refractivity contribution in [1.82, 2.24) is 5.32 Å². The molecule has 2 N–H and O–H groups in total. The fourth-order valence-electron chi connectivity index (χ4n) is 1.38. The first kappa shape index (κ1) is 15.9. The average Bonchev–Trinajstić information content (AvgIpc) is 2.22. The standard InChI is InChI=1S/C12H17FN2O.ClH/c1-8-4-5-11(10(13)6-8)15-12(16)9(2)7-14-3;/h4-6,9,14H,7H2,1-3H3,(H,15,16);1H. The van der Waals surface area contributed by atoms with Gasteiger partial charge in [0.1, 0.15) is 5.82 Å². The molecule has 3 nitrogen and oxygen atoms in total. The van der Waals surface area contributed by atoms with Crippen LogP contribution in [0.25, 0.3) is 0 Å². The summed E-state index contributed by atoms with van der Waals surface area (Å²) < 4.78 is 13.4. The fraction of sp³-hybridized carbons (Fsp3) is 0.417. The second-order valence-electron chi connectivity index (χ2n) is 3.93. The van der Waals surface area contributed by atoms with E-state index >= 15 is 0 Å². The van der Waals surface area contributed by atoms with Crippen LogP contribution in [-0.4, -0.2) is 19.5 Å². The SMILES string of the molecule is CNCC(C)C(=O)Nc1ccc(C)cc1F.Cl. The highest BCUT2D eigenvalue weighted by Crippen LogP contribution is 2.15. The summed E-state index contributed by atoms with van der Waals surface area (Å²) in [4.78, 5) is 11.6. The van der Waals surface area contributed by atoms with Crippen LogP contribution < -0.4 is 10.6 Å². The van der Waals surface area contributed by atoms with Crippen molar-refractivity contribution in [3.8, 4) is 0 Å². The molecule has 0 saturated carbocycles. The molecule has 0 bridgehead atoms. The smallest absolute Gasteiger partial charge is 0.228 e. The number of rotatable bonds is 4. The number of anilines is 1. The molecule has 0 radical (unpaired) electrons. The number of aryl methyl sites for hydroxylation is 1. The summed E-state index contributed by atoms with van der Waals surface area (Å²) in [5.41, 5.74) is 1.07. The van der Waals surface area contributed by atoms with E-state index in [4.69, 9.17) is 0 Å². The highest BCUT2D eigenvalue weighted by atomic mass is 35.5. The van der Waals surface area contributed by atoms with Crippen molar-refractivity contribution in [2.24, 2.45) is 5.92 Å². The molecular formula is C12H18ClFN2O. The lowest BCUT2D eigenvalue weighted by molar-refractivity contribution is -0.119. The molecule has 0 heterocycles.